The summed E-state index contributed by atoms with van der Waals surface area (Å²) in [6.45, 7) is 1.80. The van der Waals surface area contributed by atoms with Crippen molar-refractivity contribution in [2.45, 2.75) is 19.4 Å². The van der Waals surface area contributed by atoms with Crippen molar-refractivity contribution in [2.75, 3.05) is 12.3 Å². The molecule has 0 saturated heterocycles. The number of imidazole rings is 1. The largest absolute Gasteiger partial charge is 0.382 e. The monoisotopic (exact) mass is 218 g/mol. The first-order valence-electron chi connectivity index (χ1n) is 5.48. The molecular formula is C10H14N6. The molecule has 0 atom stereocenters. The van der Waals surface area contributed by atoms with Gasteiger partial charge in [0.1, 0.15) is 17.7 Å². The number of aromatic nitrogens is 4. The second-order valence-corrected chi connectivity index (χ2v) is 4.22. The molecule has 1 saturated carbocycles. The Kier molecular flexibility index (Phi) is 2.21. The summed E-state index contributed by atoms with van der Waals surface area (Å²) in [7, 11) is 0. The number of rotatable bonds is 4. The molecule has 0 unspecified atom stereocenters. The van der Waals surface area contributed by atoms with Crippen molar-refractivity contribution < 1.29 is 0 Å². The summed E-state index contributed by atoms with van der Waals surface area (Å²) in [5.41, 5.74) is 7.08. The summed E-state index contributed by atoms with van der Waals surface area (Å²) in [5, 5.41) is 3.36. The zero-order chi connectivity index (χ0) is 11.0. The zero-order valence-corrected chi connectivity index (χ0v) is 8.90. The molecule has 0 aromatic carbocycles. The highest BCUT2D eigenvalue weighted by molar-refractivity contribution is 5.80. The molecule has 0 amide bonds. The van der Waals surface area contributed by atoms with E-state index in [-0.39, 0.29) is 0 Å². The predicted molar refractivity (Wildman–Crippen MR) is 60.5 cm³/mol. The standard InChI is InChI=1S/C10H14N6/c11-9-8-10(14-5-13-9)16-7(15-8)4-12-3-6-1-2-6/h5-6,12H,1-4H2,(H3,11,13,14,15,16). The molecule has 4 N–H and O–H groups in total. The van der Waals surface area contributed by atoms with E-state index in [1.165, 1.54) is 19.2 Å². The molecule has 0 spiro atoms. The van der Waals surface area contributed by atoms with Crippen molar-refractivity contribution in [3.8, 4) is 0 Å². The minimum atomic E-state index is 0.450. The average molecular weight is 218 g/mol. The van der Waals surface area contributed by atoms with Crippen LogP contribution in [0, 0.1) is 5.92 Å². The minimum absolute atomic E-state index is 0.450. The number of nitrogen functional groups attached to an aromatic ring is 1. The molecule has 84 valence electrons. The van der Waals surface area contributed by atoms with Crippen LogP contribution in [0.4, 0.5) is 5.82 Å². The second kappa shape index (κ2) is 3.71. The highest BCUT2D eigenvalue weighted by Gasteiger charge is 2.20. The van der Waals surface area contributed by atoms with Crippen LogP contribution in [0.15, 0.2) is 6.33 Å². The zero-order valence-electron chi connectivity index (χ0n) is 8.90. The van der Waals surface area contributed by atoms with Gasteiger partial charge in [-0.05, 0) is 25.3 Å². The molecular weight excluding hydrogens is 204 g/mol. The molecule has 2 aromatic rings. The van der Waals surface area contributed by atoms with E-state index in [0.717, 1.165) is 30.3 Å². The van der Waals surface area contributed by atoms with Gasteiger partial charge in [-0.3, -0.25) is 0 Å². The van der Waals surface area contributed by atoms with Gasteiger partial charge in [0.2, 0.25) is 0 Å². The molecule has 2 aromatic heterocycles. The molecule has 1 aliphatic carbocycles. The summed E-state index contributed by atoms with van der Waals surface area (Å²) in [6, 6.07) is 0. The van der Waals surface area contributed by atoms with E-state index >= 15 is 0 Å². The summed E-state index contributed by atoms with van der Waals surface area (Å²) in [4.78, 5) is 15.4. The molecule has 6 heteroatoms. The summed E-state index contributed by atoms with van der Waals surface area (Å²) < 4.78 is 0. The number of anilines is 1. The van der Waals surface area contributed by atoms with Crippen molar-refractivity contribution in [2.24, 2.45) is 5.92 Å². The lowest BCUT2D eigenvalue weighted by Gasteiger charge is -1.98. The first kappa shape index (κ1) is 9.53. The van der Waals surface area contributed by atoms with Crippen molar-refractivity contribution >= 4 is 17.0 Å². The molecule has 0 radical (unpaired) electrons. The second-order valence-electron chi connectivity index (χ2n) is 4.22. The van der Waals surface area contributed by atoms with Crippen molar-refractivity contribution in [3.63, 3.8) is 0 Å². The Morgan fingerprint density at radius 2 is 2.31 bits per heavy atom. The SMILES string of the molecule is Nc1ncnc2nc(CNCC3CC3)[nH]c12. The third-order valence-electron chi connectivity index (χ3n) is 2.79. The Hall–Kier alpha value is -1.69. The summed E-state index contributed by atoms with van der Waals surface area (Å²) >= 11 is 0. The number of hydrogen-bond acceptors (Lipinski definition) is 5. The van der Waals surface area contributed by atoms with Crippen molar-refractivity contribution in [3.05, 3.63) is 12.2 Å². The lowest BCUT2D eigenvalue weighted by atomic mass is 10.4. The molecule has 1 aliphatic rings. The van der Waals surface area contributed by atoms with E-state index in [2.05, 4.69) is 25.3 Å². The molecule has 0 aliphatic heterocycles. The smallest absolute Gasteiger partial charge is 0.183 e. The number of nitrogens with two attached hydrogens (primary N) is 1. The van der Waals surface area contributed by atoms with Gasteiger partial charge in [0.25, 0.3) is 0 Å². The number of nitrogens with zero attached hydrogens (tertiary/aromatic N) is 3. The maximum absolute atomic E-state index is 5.71. The van der Waals surface area contributed by atoms with Gasteiger partial charge in [-0.2, -0.15) is 0 Å². The molecule has 16 heavy (non-hydrogen) atoms. The van der Waals surface area contributed by atoms with Crippen LogP contribution >= 0.6 is 0 Å². The Balaban J connectivity index is 1.73. The molecule has 0 bridgehead atoms. The molecule has 6 nitrogen and oxygen atoms in total. The van der Waals surface area contributed by atoms with Gasteiger partial charge in [0.15, 0.2) is 11.5 Å². The summed E-state index contributed by atoms with van der Waals surface area (Å²) in [6.07, 6.45) is 4.14. The summed E-state index contributed by atoms with van der Waals surface area (Å²) in [5.74, 6) is 2.18. The Morgan fingerprint density at radius 1 is 1.44 bits per heavy atom. The van der Waals surface area contributed by atoms with E-state index in [4.69, 9.17) is 5.73 Å². The average Bonchev–Trinajstić information content (AvgIpc) is 2.98. The lowest BCUT2D eigenvalue weighted by Crippen LogP contribution is -2.16. The van der Waals surface area contributed by atoms with E-state index in [0.29, 0.717) is 11.5 Å². The number of hydrogen-bond donors (Lipinski definition) is 3. The van der Waals surface area contributed by atoms with E-state index in [1.807, 2.05) is 0 Å². The van der Waals surface area contributed by atoms with Crippen LogP contribution < -0.4 is 11.1 Å². The van der Waals surface area contributed by atoms with Gasteiger partial charge in [-0.1, -0.05) is 0 Å². The molecule has 2 heterocycles. The van der Waals surface area contributed by atoms with Crippen LogP contribution in [0.2, 0.25) is 0 Å². The molecule has 3 rings (SSSR count). The Bertz CT molecular complexity index is 501. The van der Waals surface area contributed by atoms with E-state index in [1.54, 1.807) is 0 Å². The number of aromatic amines is 1. The van der Waals surface area contributed by atoms with Crippen LogP contribution in [0.3, 0.4) is 0 Å². The first-order chi connectivity index (χ1) is 7.83. The van der Waals surface area contributed by atoms with E-state index in [9.17, 15) is 0 Å². The van der Waals surface area contributed by atoms with Gasteiger partial charge in [0.05, 0.1) is 6.54 Å². The van der Waals surface area contributed by atoms with Crippen molar-refractivity contribution in [1.29, 1.82) is 0 Å². The van der Waals surface area contributed by atoms with Crippen molar-refractivity contribution in [1.82, 2.24) is 25.3 Å². The fraction of sp³-hybridized carbons (Fsp3) is 0.500. The predicted octanol–water partition coefficient (Wildman–Crippen LogP) is 0.435. The maximum Gasteiger partial charge on any atom is 0.183 e. The normalized spacial score (nSPS) is 15.8. The molecule has 1 fully saturated rings. The Labute approximate surface area is 92.7 Å². The number of H-pyrrole nitrogens is 1. The van der Waals surface area contributed by atoms with Crippen LogP contribution in [-0.2, 0) is 6.54 Å². The Morgan fingerprint density at radius 3 is 3.06 bits per heavy atom. The number of fused-ring (bicyclic) bond motifs is 1. The third-order valence-corrected chi connectivity index (χ3v) is 2.79. The van der Waals surface area contributed by atoms with Gasteiger partial charge in [0, 0.05) is 0 Å². The highest BCUT2D eigenvalue weighted by Crippen LogP contribution is 2.27. The first-order valence-corrected chi connectivity index (χ1v) is 5.48. The third kappa shape index (κ3) is 1.83. The van der Waals surface area contributed by atoms with Gasteiger partial charge in [-0.15, -0.1) is 0 Å². The minimum Gasteiger partial charge on any atom is -0.382 e. The number of nitrogens with one attached hydrogen (secondary N) is 2. The van der Waals surface area contributed by atoms with Crippen LogP contribution in [0.1, 0.15) is 18.7 Å². The van der Waals surface area contributed by atoms with Gasteiger partial charge in [-0.25, -0.2) is 15.0 Å². The van der Waals surface area contributed by atoms with Crippen LogP contribution in [0.5, 0.6) is 0 Å². The van der Waals surface area contributed by atoms with Gasteiger partial charge >= 0.3 is 0 Å². The lowest BCUT2D eigenvalue weighted by molar-refractivity contribution is 0.624. The quantitative estimate of drug-likeness (QED) is 0.692. The maximum atomic E-state index is 5.71. The van der Waals surface area contributed by atoms with Gasteiger partial charge < -0.3 is 16.0 Å². The fourth-order valence-electron chi connectivity index (χ4n) is 1.69. The van der Waals surface area contributed by atoms with Crippen LogP contribution in [-0.4, -0.2) is 26.5 Å². The van der Waals surface area contributed by atoms with Crippen LogP contribution in [0.25, 0.3) is 11.2 Å². The van der Waals surface area contributed by atoms with E-state index < -0.39 is 0 Å². The highest BCUT2D eigenvalue weighted by atomic mass is 15.1. The topological polar surface area (TPSA) is 92.5 Å². The fourth-order valence-corrected chi connectivity index (χ4v) is 1.69.